The highest BCUT2D eigenvalue weighted by molar-refractivity contribution is 5.85. The third-order valence-electron chi connectivity index (χ3n) is 3.62. The number of rotatable bonds is 5. The molecule has 1 saturated carbocycles. The fourth-order valence-electron chi connectivity index (χ4n) is 2.77. The van der Waals surface area contributed by atoms with Gasteiger partial charge >= 0.3 is 5.97 Å². The van der Waals surface area contributed by atoms with E-state index in [1.165, 1.54) is 0 Å². The van der Waals surface area contributed by atoms with Gasteiger partial charge in [-0.15, -0.1) is 0 Å². The number of amides is 1. The van der Waals surface area contributed by atoms with E-state index in [0.29, 0.717) is 18.9 Å². The number of nitrogens with zero attached hydrogens (tertiary/aromatic N) is 1. The zero-order valence-electron chi connectivity index (χ0n) is 11.0. The predicted molar refractivity (Wildman–Crippen MR) is 65.6 cm³/mol. The molecule has 0 heterocycles. The normalized spacial score (nSPS) is 28.1. The molecule has 0 saturated heterocycles. The van der Waals surface area contributed by atoms with E-state index in [4.69, 9.17) is 5.11 Å². The Labute approximate surface area is 103 Å². The van der Waals surface area contributed by atoms with Gasteiger partial charge in [0.25, 0.3) is 0 Å². The number of carboxylic acid groups (broad SMARTS) is 1. The second kappa shape index (κ2) is 6.03. The summed E-state index contributed by atoms with van der Waals surface area (Å²) in [6.07, 6.45) is 2.27. The third-order valence-corrected chi connectivity index (χ3v) is 3.62. The Hall–Kier alpha value is -1.06. The van der Waals surface area contributed by atoms with Crippen LogP contribution in [0.2, 0.25) is 0 Å². The summed E-state index contributed by atoms with van der Waals surface area (Å²) in [6, 6.07) is 0. The van der Waals surface area contributed by atoms with Crippen LogP contribution in [-0.4, -0.2) is 35.0 Å². The molecular weight excluding hydrogens is 218 g/mol. The molecule has 1 aliphatic rings. The van der Waals surface area contributed by atoms with Crippen molar-refractivity contribution in [2.24, 2.45) is 17.8 Å². The van der Waals surface area contributed by atoms with E-state index in [1.54, 1.807) is 4.90 Å². The molecule has 0 aromatic heterocycles. The zero-order valence-corrected chi connectivity index (χ0v) is 11.0. The van der Waals surface area contributed by atoms with Gasteiger partial charge in [-0.05, 0) is 32.1 Å². The Morgan fingerprint density at radius 3 is 2.29 bits per heavy atom. The maximum Gasteiger partial charge on any atom is 0.307 e. The average Bonchev–Trinajstić information content (AvgIpc) is 2.67. The minimum absolute atomic E-state index is 0.0334. The van der Waals surface area contributed by atoms with Crippen molar-refractivity contribution in [1.82, 2.24) is 4.90 Å². The minimum Gasteiger partial charge on any atom is -0.481 e. The Morgan fingerprint density at radius 1 is 1.24 bits per heavy atom. The summed E-state index contributed by atoms with van der Waals surface area (Å²) in [6.45, 7) is 7.40. The Kier molecular flexibility index (Phi) is 4.97. The quantitative estimate of drug-likeness (QED) is 0.800. The number of carboxylic acids is 1. The molecule has 0 aromatic carbocycles. The maximum absolute atomic E-state index is 12.3. The lowest BCUT2D eigenvalue weighted by molar-refractivity contribution is -0.149. The van der Waals surface area contributed by atoms with Crippen molar-refractivity contribution < 1.29 is 14.7 Å². The van der Waals surface area contributed by atoms with E-state index < -0.39 is 11.9 Å². The second-order valence-corrected chi connectivity index (χ2v) is 5.05. The second-order valence-electron chi connectivity index (χ2n) is 5.05. The number of aliphatic carboxylic acids is 1. The molecule has 1 amide bonds. The highest BCUT2D eigenvalue weighted by Crippen LogP contribution is 2.37. The molecule has 0 bridgehead atoms. The molecule has 17 heavy (non-hydrogen) atoms. The van der Waals surface area contributed by atoms with Crippen LogP contribution in [0.25, 0.3) is 0 Å². The van der Waals surface area contributed by atoms with Crippen molar-refractivity contribution in [2.75, 3.05) is 13.1 Å². The van der Waals surface area contributed by atoms with Crippen molar-refractivity contribution >= 4 is 11.9 Å². The molecule has 3 unspecified atom stereocenters. The van der Waals surface area contributed by atoms with Gasteiger partial charge in [-0.3, -0.25) is 9.59 Å². The fraction of sp³-hybridized carbons (Fsp3) is 0.846. The van der Waals surface area contributed by atoms with Crippen LogP contribution >= 0.6 is 0 Å². The molecule has 98 valence electrons. The molecule has 4 nitrogen and oxygen atoms in total. The molecule has 1 fully saturated rings. The highest BCUT2D eigenvalue weighted by atomic mass is 16.4. The first kappa shape index (κ1) is 14.0. The summed E-state index contributed by atoms with van der Waals surface area (Å²) in [4.78, 5) is 25.2. The molecule has 4 heteroatoms. The van der Waals surface area contributed by atoms with E-state index in [0.717, 1.165) is 19.4 Å². The Morgan fingerprint density at radius 2 is 1.82 bits per heavy atom. The SMILES string of the molecule is CCCN(CC)C(=O)C1CC(C)CC1C(=O)O. The number of hydrogen-bond donors (Lipinski definition) is 1. The van der Waals surface area contributed by atoms with Crippen LogP contribution in [0.3, 0.4) is 0 Å². The molecular formula is C13H23NO3. The lowest BCUT2D eigenvalue weighted by Crippen LogP contribution is -2.39. The van der Waals surface area contributed by atoms with Crippen molar-refractivity contribution in [3.63, 3.8) is 0 Å². The topological polar surface area (TPSA) is 57.6 Å². The summed E-state index contributed by atoms with van der Waals surface area (Å²) in [7, 11) is 0. The highest BCUT2D eigenvalue weighted by Gasteiger charge is 2.42. The summed E-state index contributed by atoms with van der Waals surface area (Å²) in [5, 5.41) is 9.16. The lowest BCUT2D eigenvalue weighted by atomic mass is 9.94. The van der Waals surface area contributed by atoms with Crippen molar-refractivity contribution in [3.05, 3.63) is 0 Å². The smallest absolute Gasteiger partial charge is 0.307 e. The van der Waals surface area contributed by atoms with Crippen molar-refractivity contribution in [1.29, 1.82) is 0 Å². The van der Waals surface area contributed by atoms with Gasteiger partial charge in [0.05, 0.1) is 11.8 Å². The van der Waals surface area contributed by atoms with Crippen LogP contribution in [0.1, 0.15) is 40.0 Å². The number of carbonyl (C=O) groups excluding carboxylic acids is 1. The first-order chi connectivity index (χ1) is 8.01. The fourth-order valence-corrected chi connectivity index (χ4v) is 2.77. The third kappa shape index (κ3) is 3.20. The standard InChI is InChI=1S/C13H23NO3/c1-4-6-14(5-2)12(15)10-7-9(3)8-11(10)13(16)17/h9-11H,4-8H2,1-3H3,(H,16,17). The van der Waals surface area contributed by atoms with Crippen LogP contribution < -0.4 is 0 Å². The van der Waals surface area contributed by atoms with Crippen LogP contribution in [0.15, 0.2) is 0 Å². The van der Waals surface area contributed by atoms with Gasteiger partial charge in [0.1, 0.15) is 0 Å². The monoisotopic (exact) mass is 241 g/mol. The van der Waals surface area contributed by atoms with Gasteiger partial charge in [0.2, 0.25) is 5.91 Å². The van der Waals surface area contributed by atoms with E-state index >= 15 is 0 Å². The van der Waals surface area contributed by atoms with Gasteiger partial charge in [0, 0.05) is 13.1 Å². The van der Waals surface area contributed by atoms with Gasteiger partial charge in [-0.2, -0.15) is 0 Å². The first-order valence-corrected chi connectivity index (χ1v) is 6.52. The lowest BCUT2D eigenvalue weighted by Gasteiger charge is -2.25. The summed E-state index contributed by atoms with van der Waals surface area (Å²) in [5.41, 5.74) is 0. The molecule has 0 radical (unpaired) electrons. The molecule has 1 aliphatic carbocycles. The molecule has 0 spiro atoms. The van der Waals surface area contributed by atoms with Crippen LogP contribution in [-0.2, 0) is 9.59 Å². The van der Waals surface area contributed by atoms with E-state index in [1.807, 2.05) is 20.8 Å². The van der Waals surface area contributed by atoms with Crippen molar-refractivity contribution in [3.8, 4) is 0 Å². The average molecular weight is 241 g/mol. The molecule has 1 rings (SSSR count). The van der Waals surface area contributed by atoms with E-state index in [9.17, 15) is 9.59 Å². The zero-order chi connectivity index (χ0) is 13.0. The van der Waals surface area contributed by atoms with Crippen LogP contribution in [0, 0.1) is 17.8 Å². The molecule has 0 aromatic rings. The first-order valence-electron chi connectivity index (χ1n) is 6.52. The van der Waals surface area contributed by atoms with E-state index in [2.05, 4.69) is 0 Å². The van der Waals surface area contributed by atoms with E-state index in [-0.39, 0.29) is 11.8 Å². The molecule has 3 atom stereocenters. The van der Waals surface area contributed by atoms with Gasteiger partial charge in [-0.25, -0.2) is 0 Å². The van der Waals surface area contributed by atoms with Gasteiger partial charge in [-0.1, -0.05) is 13.8 Å². The predicted octanol–water partition coefficient (Wildman–Crippen LogP) is 1.99. The van der Waals surface area contributed by atoms with Crippen LogP contribution in [0.5, 0.6) is 0 Å². The summed E-state index contributed by atoms with van der Waals surface area (Å²) >= 11 is 0. The largest absolute Gasteiger partial charge is 0.481 e. The maximum atomic E-state index is 12.3. The van der Waals surface area contributed by atoms with Gasteiger partial charge < -0.3 is 10.0 Å². The Balaban J connectivity index is 2.75. The summed E-state index contributed by atoms with van der Waals surface area (Å²) in [5.74, 6) is -1.24. The number of carbonyl (C=O) groups is 2. The molecule has 0 aliphatic heterocycles. The van der Waals surface area contributed by atoms with Gasteiger partial charge in [0.15, 0.2) is 0 Å². The molecule has 1 N–H and O–H groups in total. The van der Waals surface area contributed by atoms with Crippen LogP contribution in [0.4, 0.5) is 0 Å². The van der Waals surface area contributed by atoms with Crippen molar-refractivity contribution in [2.45, 2.75) is 40.0 Å². The minimum atomic E-state index is -0.819. The Bertz CT molecular complexity index is 290. The number of hydrogen-bond acceptors (Lipinski definition) is 2. The summed E-state index contributed by atoms with van der Waals surface area (Å²) < 4.78 is 0.